The van der Waals surface area contributed by atoms with Gasteiger partial charge in [-0.15, -0.1) is 0 Å². The van der Waals surface area contributed by atoms with Crippen LogP contribution in [-0.2, 0) is 6.42 Å². The Morgan fingerprint density at radius 1 is 1.55 bits per heavy atom. The van der Waals surface area contributed by atoms with Gasteiger partial charge in [-0.1, -0.05) is 18.5 Å². The van der Waals surface area contributed by atoms with Gasteiger partial charge < -0.3 is 10.2 Å². The number of aromatic nitrogens is 3. The lowest BCUT2D eigenvalue weighted by molar-refractivity contribution is 0.802. The van der Waals surface area contributed by atoms with Crippen molar-refractivity contribution in [1.29, 1.82) is 0 Å². The van der Waals surface area contributed by atoms with Crippen molar-refractivity contribution in [3.8, 4) is 0 Å². The lowest BCUT2D eigenvalue weighted by atomic mass is 10.3. The number of nitrogens with zero attached hydrogens (tertiary/aromatic N) is 4. The average molecular weight is 310 g/mol. The zero-order valence-corrected chi connectivity index (χ0v) is 12.8. The van der Waals surface area contributed by atoms with Gasteiger partial charge in [-0.2, -0.15) is 4.37 Å². The first-order chi connectivity index (χ1) is 9.76. The van der Waals surface area contributed by atoms with Crippen LogP contribution in [0.4, 0.5) is 10.9 Å². The first-order valence-corrected chi connectivity index (χ1v) is 7.86. The van der Waals surface area contributed by atoms with E-state index >= 15 is 0 Å². The van der Waals surface area contributed by atoms with Crippen LogP contribution >= 0.6 is 23.1 Å². The van der Waals surface area contributed by atoms with Crippen molar-refractivity contribution in [3.05, 3.63) is 29.2 Å². The van der Waals surface area contributed by atoms with E-state index in [9.17, 15) is 0 Å². The minimum Gasteiger partial charge on any atom is -0.356 e. The molecule has 0 saturated carbocycles. The van der Waals surface area contributed by atoms with Crippen LogP contribution in [-0.4, -0.2) is 33.5 Å². The molecule has 1 aliphatic heterocycles. The highest BCUT2D eigenvalue weighted by Gasteiger charge is 2.25. The first-order valence-electron chi connectivity index (χ1n) is 6.71. The van der Waals surface area contributed by atoms with Crippen LogP contribution in [0.3, 0.4) is 0 Å². The van der Waals surface area contributed by atoms with E-state index in [0.29, 0.717) is 11.1 Å². The normalized spacial score (nSPS) is 18.5. The van der Waals surface area contributed by atoms with Gasteiger partial charge in [0, 0.05) is 43.3 Å². The summed E-state index contributed by atoms with van der Waals surface area (Å²) in [6, 6.07) is 4.10. The predicted molar refractivity (Wildman–Crippen MR) is 82.8 cm³/mol. The summed E-state index contributed by atoms with van der Waals surface area (Å²) >= 11 is 7.62. The number of hydrogen-bond acceptors (Lipinski definition) is 6. The third-order valence-electron chi connectivity index (χ3n) is 3.34. The van der Waals surface area contributed by atoms with E-state index in [2.05, 4.69) is 31.5 Å². The van der Waals surface area contributed by atoms with Crippen LogP contribution in [0.2, 0.25) is 5.02 Å². The van der Waals surface area contributed by atoms with Crippen molar-refractivity contribution in [2.45, 2.75) is 25.8 Å². The SMILES string of the molecule is CCc1nsc(N[C@@H]2CCN(c3ncccc3Cl)C2)n1. The van der Waals surface area contributed by atoms with Crippen LogP contribution in [0.5, 0.6) is 0 Å². The Bertz CT molecular complexity index is 588. The van der Waals surface area contributed by atoms with Gasteiger partial charge in [0.15, 0.2) is 0 Å². The Kier molecular flexibility index (Phi) is 4.03. The highest BCUT2D eigenvalue weighted by Crippen LogP contribution is 2.27. The first kappa shape index (κ1) is 13.6. The average Bonchev–Trinajstić information content (AvgIpc) is 3.09. The van der Waals surface area contributed by atoms with E-state index in [1.54, 1.807) is 6.20 Å². The van der Waals surface area contributed by atoms with Gasteiger partial charge >= 0.3 is 0 Å². The third-order valence-corrected chi connectivity index (χ3v) is 4.32. The van der Waals surface area contributed by atoms with Crippen LogP contribution in [0.25, 0.3) is 0 Å². The van der Waals surface area contributed by atoms with Crippen molar-refractivity contribution >= 4 is 34.1 Å². The van der Waals surface area contributed by atoms with E-state index in [-0.39, 0.29) is 0 Å². The van der Waals surface area contributed by atoms with E-state index in [1.165, 1.54) is 11.5 Å². The molecule has 2 aromatic rings. The van der Waals surface area contributed by atoms with Gasteiger partial charge in [0.05, 0.1) is 5.02 Å². The maximum absolute atomic E-state index is 6.19. The third kappa shape index (κ3) is 2.86. The molecule has 1 aliphatic rings. The maximum atomic E-state index is 6.19. The van der Waals surface area contributed by atoms with Crippen molar-refractivity contribution in [3.63, 3.8) is 0 Å². The molecule has 5 nitrogen and oxygen atoms in total. The number of aryl methyl sites for hydroxylation is 1. The molecule has 1 N–H and O–H groups in total. The van der Waals surface area contributed by atoms with Gasteiger partial charge in [-0.3, -0.25) is 0 Å². The molecule has 0 bridgehead atoms. The van der Waals surface area contributed by atoms with Crippen molar-refractivity contribution in [2.75, 3.05) is 23.3 Å². The molecule has 0 amide bonds. The lowest BCUT2D eigenvalue weighted by Gasteiger charge is -2.18. The number of halogens is 1. The molecule has 1 atom stereocenters. The summed E-state index contributed by atoms with van der Waals surface area (Å²) in [4.78, 5) is 11.0. The Labute approximate surface area is 127 Å². The van der Waals surface area contributed by atoms with Crippen molar-refractivity contribution < 1.29 is 0 Å². The van der Waals surface area contributed by atoms with Gasteiger partial charge in [-0.05, 0) is 18.6 Å². The minimum absolute atomic E-state index is 0.366. The summed E-state index contributed by atoms with van der Waals surface area (Å²) in [5.41, 5.74) is 0. The van der Waals surface area contributed by atoms with Gasteiger partial charge in [0.1, 0.15) is 11.6 Å². The second-order valence-electron chi connectivity index (χ2n) is 4.75. The van der Waals surface area contributed by atoms with Crippen LogP contribution in [0.1, 0.15) is 19.2 Å². The second-order valence-corrected chi connectivity index (χ2v) is 5.91. The largest absolute Gasteiger partial charge is 0.356 e. The van der Waals surface area contributed by atoms with E-state index in [0.717, 1.165) is 42.7 Å². The molecule has 0 aromatic carbocycles. The lowest BCUT2D eigenvalue weighted by Crippen LogP contribution is -2.26. The highest BCUT2D eigenvalue weighted by molar-refractivity contribution is 7.09. The van der Waals surface area contributed by atoms with E-state index < -0.39 is 0 Å². The summed E-state index contributed by atoms with van der Waals surface area (Å²) in [5, 5.41) is 5.06. The summed E-state index contributed by atoms with van der Waals surface area (Å²) in [6.45, 7) is 3.90. The molecule has 3 rings (SSSR count). The van der Waals surface area contributed by atoms with Crippen molar-refractivity contribution in [2.24, 2.45) is 0 Å². The van der Waals surface area contributed by atoms with E-state index in [1.807, 2.05) is 12.1 Å². The molecule has 0 unspecified atom stereocenters. The fraction of sp³-hybridized carbons (Fsp3) is 0.462. The molecule has 20 heavy (non-hydrogen) atoms. The number of hydrogen-bond donors (Lipinski definition) is 1. The molecule has 7 heteroatoms. The fourth-order valence-corrected chi connectivity index (χ4v) is 3.28. The quantitative estimate of drug-likeness (QED) is 0.941. The Balaban J connectivity index is 1.63. The Hall–Kier alpha value is -1.40. The van der Waals surface area contributed by atoms with E-state index in [4.69, 9.17) is 11.6 Å². The molecule has 1 fully saturated rings. The van der Waals surface area contributed by atoms with Gasteiger partial charge in [0.25, 0.3) is 0 Å². The van der Waals surface area contributed by atoms with Crippen LogP contribution in [0.15, 0.2) is 18.3 Å². The summed E-state index contributed by atoms with van der Waals surface area (Å²) in [5.74, 6) is 1.77. The van der Waals surface area contributed by atoms with Gasteiger partial charge in [-0.25, -0.2) is 9.97 Å². The van der Waals surface area contributed by atoms with Crippen molar-refractivity contribution in [1.82, 2.24) is 14.3 Å². The zero-order valence-electron chi connectivity index (χ0n) is 11.2. The topological polar surface area (TPSA) is 53.9 Å². The molecule has 0 spiro atoms. The number of rotatable bonds is 4. The predicted octanol–water partition coefficient (Wildman–Crippen LogP) is 2.84. The Morgan fingerprint density at radius 3 is 3.20 bits per heavy atom. The summed E-state index contributed by atoms with van der Waals surface area (Å²) < 4.78 is 4.29. The minimum atomic E-state index is 0.366. The number of pyridine rings is 1. The number of nitrogens with one attached hydrogen (secondary N) is 1. The monoisotopic (exact) mass is 309 g/mol. The molecule has 3 heterocycles. The molecular formula is C13H16ClN5S. The molecule has 106 valence electrons. The second kappa shape index (κ2) is 5.93. The maximum Gasteiger partial charge on any atom is 0.202 e. The van der Waals surface area contributed by atoms with Crippen LogP contribution < -0.4 is 10.2 Å². The highest BCUT2D eigenvalue weighted by atomic mass is 35.5. The Morgan fingerprint density at radius 2 is 2.45 bits per heavy atom. The zero-order chi connectivity index (χ0) is 13.9. The number of anilines is 2. The molecule has 0 aliphatic carbocycles. The smallest absolute Gasteiger partial charge is 0.202 e. The van der Waals surface area contributed by atoms with Gasteiger partial charge in [0.2, 0.25) is 5.13 Å². The molecule has 0 radical (unpaired) electrons. The molecular weight excluding hydrogens is 294 g/mol. The summed E-state index contributed by atoms with van der Waals surface area (Å²) in [6.07, 6.45) is 3.70. The molecule has 2 aromatic heterocycles. The molecule has 1 saturated heterocycles. The fourth-order valence-electron chi connectivity index (χ4n) is 2.31. The summed E-state index contributed by atoms with van der Waals surface area (Å²) in [7, 11) is 0. The standard InChI is InChI=1S/C13H16ClN5S/c1-2-11-17-13(20-18-11)16-9-5-7-19(8-9)12-10(14)4-3-6-15-12/h3-4,6,9H,2,5,7-8H2,1H3,(H,16,17,18)/t9-/m1/s1. The van der Waals surface area contributed by atoms with Crippen LogP contribution in [0, 0.1) is 0 Å².